The summed E-state index contributed by atoms with van der Waals surface area (Å²) in [6, 6.07) is 0. The van der Waals surface area contributed by atoms with Crippen LogP contribution in [0, 0.1) is 5.92 Å². The van der Waals surface area contributed by atoms with E-state index in [0.29, 0.717) is 11.8 Å². The summed E-state index contributed by atoms with van der Waals surface area (Å²) in [5.41, 5.74) is 5.59. The Morgan fingerprint density at radius 2 is 2.12 bits per heavy atom. The summed E-state index contributed by atoms with van der Waals surface area (Å²) in [5, 5.41) is 4.13. The molecule has 1 unspecified atom stereocenters. The summed E-state index contributed by atoms with van der Waals surface area (Å²) in [4.78, 5) is 4.52. The summed E-state index contributed by atoms with van der Waals surface area (Å²) in [6.45, 7) is 2.88. The summed E-state index contributed by atoms with van der Waals surface area (Å²) in [5.74, 6) is 2.78. The first-order valence-corrected chi connectivity index (χ1v) is 6.82. The molecule has 1 aliphatic rings. The molecule has 1 saturated carbocycles. The predicted molar refractivity (Wildman–Crippen MR) is 66.7 cm³/mol. The van der Waals surface area contributed by atoms with Crippen molar-refractivity contribution in [2.45, 2.75) is 57.8 Å². The van der Waals surface area contributed by atoms with E-state index < -0.39 is 0 Å². The molecule has 0 spiro atoms. The maximum Gasteiger partial charge on any atom is 0.226 e. The van der Waals surface area contributed by atoms with Gasteiger partial charge < -0.3 is 10.3 Å². The van der Waals surface area contributed by atoms with Crippen molar-refractivity contribution in [2.75, 3.05) is 6.54 Å². The lowest BCUT2D eigenvalue weighted by Gasteiger charge is -2.17. The van der Waals surface area contributed by atoms with E-state index in [0.717, 1.165) is 31.1 Å². The van der Waals surface area contributed by atoms with Crippen LogP contribution in [0.25, 0.3) is 0 Å². The van der Waals surface area contributed by atoms with Gasteiger partial charge in [0.05, 0.1) is 0 Å². The fourth-order valence-electron chi connectivity index (χ4n) is 2.38. The minimum Gasteiger partial charge on any atom is -0.339 e. The lowest BCUT2D eigenvalue weighted by molar-refractivity contribution is 0.350. The fourth-order valence-corrected chi connectivity index (χ4v) is 2.38. The Hall–Kier alpha value is -0.900. The number of nitrogens with zero attached hydrogens (tertiary/aromatic N) is 2. The van der Waals surface area contributed by atoms with Gasteiger partial charge in [-0.3, -0.25) is 0 Å². The molecule has 1 atom stereocenters. The molecule has 0 amide bonds. The molecule has 0 saturated heterocycles. The van der Waals surface area contributed by atoms with Gasteiger partial charge in [-0.15, -0.1) is 0 Å². The zero-order chi connectivity index (χ0) is 12.1. The first kappa shape index (κ1) is 12.6. The Labute approximate surface area is 103 Å². The Kier molecular flexibility index (Phi) is 4.54. The Bertz CT molecular complexity index is 331. The summed E-state index contributed by atoms with van der Waals surface area (Å²) in [7, 11) is 0. The maximum atomic E-state index is 5.59. The molecule has 1 fully saturated rings. The highest BCUT2D eigenvalue weighted by molar-refractivity contribution is 4.97. The lowest BCUT2D eigenvalue weighted by atomic mass is 9.89. The van der Waals surface area contributed by atoms with Crippen LogP contribution in [-0.2, 0) is 6.42 Å². The molecule has 2 N–H and O–H groups in total. The second kappa shape index (κ2) is 6.15. The highest BCUT2D eigenvalue weighted by Crippen LogP contribution is 2.30. The molecule has 0 radical (unpaired) electrons. The molecule has 1 heterocycles. The van der Waals surface area contributed by atoms with Gasteiger partial charge in [-0.1, -0.05) is 31.3 Å². The minimum atomic E-state index is 0.528. The highest BCUT2D eigenvalue weighted by Gasteiger charge is 2.20. The van der Waals surface area contributed by atoms with Crippen LogP contribution in [0.4, 0.5) is 0 Å². The quantitative estimate of drug-likeness (QED) is 0.855. The van der Waals surface area contributed by atoms with Gasteiger partial charge >= 0.3 is 0 Å². The second-order valence-electron chi connectivity index (χ2n) is 5.26. The third-order valence-corrected chi connectivity index (χ3v) is 3.71. The van der Waals surface area contributed by atoms with Gasteiger partial charge in [0.25, 0.3) is 0 Å². The van der Waals surface area contributed by atoms with Crippen molar-refractivity contribution in [1.82, 2.24) is 10.1 Å². The van der Waals surface area contributed by atoms with Crippen LogP contribution in [0.3, 0.4) is 0 Å². The smallest absolute Gasteiger partial charge is 0.226 e. The van der Waals surface area contributed by atoms with Crippen molar-refractivity contribution in [2.24, 2.45) is 11.7 Å². The van der Waals surface area contributed by atoms with Gasteiger partial charge in [0.1, 0.15) is 0 Å². The van der Waals surface area contributed by atoms with Gasteiger partial charge in [0.15, 0.2) is 5.82 Å². The van der Waals surface area contributed by atoms with Crippen molar-refractivity contribution in [3.63, 3.8) is 0 Å². The average molecular weight is 237 g/mol. The van der Waals surface area contributed by atoms with Crippen LogP contribution < -0.4 is 5.73 Å². The van der Waals surface area contributed by atoms with Crippen molar-refractivity contribution in [3.8, 4) is 0 Å². The Morgan fingerprint density at radius 3 is 2.82 bits per heavy atom. The van der Waals surface area contributed by atoms with Crippen molar-refractivity contribution in [1.29, 1.82) is 0 Å². The van der Waals surface area contributed by atoms with Crippen LogP contribution in [0.2, 0.25) is 0 Å². The lowest BCUT2D eigenvalue weighted by Crippen LogP contribution is -2.11. The molecule has 4 heteroatoms. The molecular weight excluding hydrogens is 214 g/mol. The number of aromatic nitrogens is 2. The van der Waals surface area contributed by atoms with Crippen LogP contribution in [0.5, 0.6) is 0 Å². The highest BCUT2D eigenvalue weighted by atomic mass is 16.5. The number of aryl methyl sites for hydroxylation is 1. The van der Waals surface area contributed by atoms with Crippen molar-refractivity contribution < 1.29 is 4.52 Å². The van der Waals surface area contributed by atoms with E-state index in [2.05, 4.69) is 17.1 Å². The normalized spacial score (nSPS) is 19.4. The molecule has 0 aromatic carbocycles. The Balaban J connectivity index is 1.86. The molecule has 1 aromatic rings. The molecule has 0 bridgehead atoms. The van der Waals surface area contributed by atoms with Crippen LogP contribution in [0.15, 0.2) is 4.52 Å². The molecule has 0 aliphatic heterocycles. The van der Waals surface area contributed by atoms with Crippen LogP contribution in [-0.4, -0.2) is 16.7 Å². The van der Waals surface area contributed by atoms with E-state index >= 15 is 0 Å². The van der Waals surface area contributed by atoms with Gasteiger partial charge in [0.2, 0.25) is 5.89 Å². The zero-order valence-corrected chi connectivity index (χ0v) is 10.7. The van der Waals surface area contributed by atoms with E-state index in [1.165, 1.54) is 32.1 Å². The van der Waals surface area contributed by atoms with Crippen molar-refractivity contribution in [3.05, 3.63) is 11.7 Å². The maximum absolute atomic E-state index is 5.59. The molecular formula is C13H23N3O. The van der Waals surface area contributed by atoms with Gasteiger partial charge in [-0.2, -0.15) is 4.98 Å². The van der Waals surface area contributed by atoms with E-state index in [4.69, 9.17) is 10.3 Å². The van der Waals surface area contributed by atoms with E-state index in [-0.39, 0.29) is 0 Å². The average Bonchev–Trinajstić information content (AvgIpc) is 2.86. The van der Waals surface area contributed by atoms with Gasteiger partial charge in [-0.25, -0.2) is 0 Å². The van der Waals surface area contributed by atoms with Crippen LogP contribution in [0.1, 0.15) is 63.1 Å². The van der Waals surface area contributed by atoms with Gasteiger partial charge in [-0.05, 0) is 31.7 Å². The summed E-state index contributed by atoms with van der Waals surface area (Å²) < 4.78 is 5.31. The summed E-state index contributed by atoms with van der Waals surface area (Å²) in [6.07, 6.45) is 8.30. The largest absolute Gasteiger partial charge is 0.339 e. The number of hydrogen-bond donors (Lipinski definition) is 1. The molecule has 4 nitrogen and oxygen atoms in total. The van der Waals surface area contributed by atoms with E-state index in [1.807, 2.05) is 0 Å². The van der Waals surface area contributed by atoms with Gasteiger partial charge in [0, 0.05) is 12.3 Å². The standard InChI is InChI=1S/C13H23N3O/c1-10(9-14)7-8-12-15-13(16-17-12)11-5-3-2-4-6-11/h10-11H,2-9,14H2,1H3. The first-order valence-electron chi connectivity index (χ1n) is 6.82. The first-order chi connectivity index (χ1) is 8.29. The van der Waals surface area contributed by atoms with Crippen LogP contribution >= 0.6 is 0 Å². The minimum absolute atomic E-state index is 0.528. The van der Waals surface area contributed by atoms with E-state index in [9.17, 15) is 0 Å². The molecule has 1 aliphatic carbocycles. The molecule has 17 heavy (non-hydrogen) atoms. The zero-order valence-electron chi connectivity index (χ0n) is 10.7. The molecule has 2 rings (SSSR count). The number of nitrogens with two attached hydrogens (primary N) is 1. The summed E-state index contributed by atoms with van der Waals surface area (Å²) >= 11 is 0. The predicted octanol–water partition coefficient (Wildman–Crippen LogP) is 2.64. The Morgan fingerprint density at radius 1 is 1.35 bits per heavy atom. The second-order valence-corrected chi connectivity index (χ2v) is 5.26. The van der Waals surface area contributed by atoms with Crippen molar-refractivity contribution >= 4 is 0 Å². The van der Waals surface area contributed by atoms with E-state index in [1.54, 1.807) is 0 Å². The topological polar surface area (TPSA) is 64.9 Å². The molecule has 96 valence electrons. The SMILES string of the molecule is CC(CN)CCc1nc(C2CCCCC2)no1. The third kappa shape index (κ3) is 3.53. The number of rotatable bonds is 5. The molecule has 1 aromatic heterocycles. The fraction of sp³-hybridized carbons (Fsp3) is 0.846. The monoisotopic (exact) mass is 237 g/mol. The number of hydrogen-bond acceptors (Lipinski definition) is 4. The third-order valence-electron chi connectivity index (χ3n) is 3.71.